The molecule has 0 saturated carbocycles. The fourth-order valence-electron chi connectivity index (χ4n) is 7.45. The number of anilines is 2. The maximum atomic E-state index is 15.3. The van der Waals surface area contributed by atoms with Gasteiger partial charge in [-0.2, -0.15) is 0 Å². The number of morpholine rings is 1. The van der Waals surface area contributed by atoms with Crippen LogP contribution in [0.5, 0.6) is 0 Å². The number of piperazine rings is 1. The van der Waals surface area contributed by atoms with Gasteiger partial charge in [-0.25, -0.2) is 13.8 Å². The highest BCUT2D eigenvalue weighted by molar-refractivity contribution is 7.22. The van der Waals surface area contributed by atoms with Gasteiger partial charge in [0.2, 0.25) is 0 Å². The molecule has 3 fully saturated rings. The maximum Gasteiger partial charge on any atom is 0.254 e. The summed E-state index contributed by atoms with van der Waals surface area (Å²) in [5, 5.41) is 3.94. The average molecular weight is 585 g/mol. The van der Waals surface area contributed by atoms with E-state index in [1.165, 1.54) is 12.8 Å². The van der Waals surface area contributed by atoms with E-state index < -0.39 is 11.6 Å². The number of thiazole rings is 1. The molecule has 3 saturated heterocycles. The lowest BCUT2D eigenvalue weighted by molar-refractivity contribution is 0.0370. The molecule has 41 heavy (non-hydrogen) atoms. The fraction of sp³-hybridized carbons (Fsp3) is 0.600. The van der Waals surface area contributed by atoms with Gasteiger partial charge < -0.3 is 25.3 Å². The van der Waals surface area contributed by atoms with Crippen LogP contribution in [-0.4, -0.2) is 72.5 Å². The molecule has 1 aromatic carbocycles. The number of rotatable bonds is 7. The second-order valence-corrected chi connectivity index (χ2v) is 13.1. The van der Waals surface area contributed by atoms with E-state index in [0.717, 1.165) is 93.0 Å². The zero-order chi connectivity index (χ0) is 28.1. The molecular weight excluding hydrogens is 546 g/mol. The second-order valence-electron chi connectivity index (χ2n) is 12.1. The summed E-state index contributed by atoms with van der Waals surface area (Å²) < 4.78 is 37.7. The molecule has 0 radical (unpaired) electrons. The third-order valence-corrected chi connectivity index (χ3v) is 10.4. The van der Waals surface area contributed by atoms with Crippen LogP contribution in [0.4, 0.5) is 19.6 Å². The predicted molar refractivity (Wildman–Crippen MR) is 158 cm³/mol. The number of benzene rings is 1. The molecule has 0 spiro atoms. The number of nitrogens with zero attached hydrogens (tertiary/aromatic N) is 4. The molecular formula is C30H38F2N6O2S. The van der Waals surface area contributed by atoms with Gasteiger partial charge in [0.05, 0.1) is 23.6 Å². The third-order valence-electron chi connectivity index (χ3n) is 9.48. The topological polar surface area (TPSA) is 88.7 Å². The Hall–Kier alpha value is -2.60. The number of halogens is 2. The monoisotopic (exact) mass is 584 g/mol. The van der Waals surface area contributed by atoms with Crippen molar-refractivity contribution in [2.75, 3.05) is 56.6 Å². The molecule has 8 nitrogen and oxygen atoms in total. The fourth-order valence-corrected chi connectivity index (χ4v) is 8.41. The van der Waals surface area contributed by atoms with E-state index in [9.17, 15) is 9.18 Å². The highest BCUT2D eigenvalue weighted by Crippen LogP contribution is 2.42. The van der Waals surface area contributed by atoms with E-state index in [0.29, 0.717) is 48.2 Å². The molecule has 11 heteroatoms. The molecule has 3 aromatic rings. The first-order chi connectivity index (χ1) is 19.9. The van der Waals surface area contributed by atoms with Gasteiger partial charge in [-0.3, -0.25) is 9.69 Å². The quantitative estimate of drug-likeness (QED) is 0.410. The van der Waals surface area contributed by atoms with Crippen molar-refractivity contribution in [2.24, 2.45) is 0 Å². The normalized spacial score (nSPS) is 24.7. The van der Waals surface area contributed by atoms with Crippen LogP contribution >= 0.6 is 11.3 Å². The van der Waals surface area contributed by atoms with E-state index in [4.69, 9.17) is 10.5 Å². The molecule has 3 unspecified atom stereocenters. The molecule has 2 bridgehead atoms. The smallest absolute Gasteiger partial charge is 0.254 e. The molecule has 4 aliphatic rings. The molecule has 3 N–H and O–H groups in total. The number of nitrogen functional groups attached to an aromatic ring is 1. The summed E-state index contributed by atoms with van der Waals surface area (Å²) in [6, 6.07) is 1.88. The number of unbranched alkanes of at least 4 members (excludes halogenated alkanes) is 1. The zero-order valence-electron chi connectivity index (χ0n) is 23.3. The van der Waals surface area contributed by atoms with Gasteiger partial charge in [-0.1, -0.05) is 11.3 Å². The number of hydrogen-bond acceptors (Lipinski definition) is 8. The zero-order valence-corrected chi connectivity index (χ0v) is 24.2. The van der Waals surface area contributed by atoms with Gasteiger partial charge in [-0.15, -0.1) is 0 Å². The number of fused-ring (bicyclic) bond motifs is 4. The lowest BCUT2D eigenvalue weighted by Crippen LogP contribution is -2.52. The highest BCUT2D eigenvalue weighted by atomic mass is 32.1. The van der Waals surface area contributed by atoms with E-state index in [1.807, 2.05) is 4.57 Å². The molecule has 220 valence electrons. The van der Waals surface area contributed by atoms with Crippen LogP contribution in [0.25, 0.3) is 10.2 Å². The number of hydrogen-bond donors (Lipinski definition) is 2. The maximum absolute atomic E-state index is 15.3. The minimum atomic E-state index is -0.694. The standard InChI is InChI=1S/C30H38F2N6O2S/c31-23-14-24(32)27-28(41-30(33)35-27)26(23)18-3-6-21-22(13-18)29(39)37(8-2-1-7-36-9-11-40-12-10-36)17-25(21)38-15-19-4-5-20(16-38)34-19/h14,17-20,34H,1-13,15-16H2,(H2,33,35). The van der Waals surface area contributed by atoms with Gasteiger partial charge in [0.1, 0.15) is 11.3 Å². The Kier molecular flexibility index (Phi) is 7.47. The summed E-state index contributed by atoms with van der Waals surface area (Å²) in [5.74, 6) is -1.51. The Labute approximate surface area is 242 Å². The van der Waals surface area contributed by atoms with Crippen molar-refractivity contribution in [2.45, 2.75) is 69.5 Å². The largest absolute Gasteiger partial charge is 0.379 e. The lowest BCUT2D eigenvalue weighted by Gasteiger charge is -2.38. The first-order valence-electron chi connectivity index (χ1n) is 15.0. The van der Waals surface area contributed by atoms with Gasteiger partial charge >= 0.3 is 0 Å². The first kappa shape index (κ1) is 27.2. The van der Waals surface area contributed by atoms with Crippen molar-refractivity contribution in [3.63, 3.8) is 0 Å². The van der Waals surface area contributed by atoms with Crippen molar-refractivity contribution in [1.29, 1.82) is 0 Å². The molecule has 5 heterocycles. The number of nitrogens with one attached hydrogen (secondary N) is 1. The van der Waals surface area contributed by atoms with E-state index in [-0.39, 0.29) is 22.1 Å². The molecule has 3 aliphatic heterocycles. The number of aryl methyl sites for hydroxylation is 1. The summed E-state index contributed by atoms with van der Waals surface area (Å²) in [6.07, 6.45) is 8.22. The lowest BCUT2D eigenvalue weighted by atomic mass is 9.79. The number of ether oxygens (including phenoxy) is 1. The minimum Gasteiger partial charge on any atom is -0.379 e. The Morgan fingerprint density at radius 2 is 1.80 bits per heavy atom. The van der Waals surface area contributed by atoms with Crippen molar-refractivity contribution < 1.29 is 13.5 Å². The molecule has 0 amide bonds. The molecule has 2 aromatic heterocycles. The Balaban J connectivity index is 1.20. The van der Waals surface area contributed by atoms with Crippen molar-refractivity contribution in [1.82, 2.24) is 19.8 Å². The van der Waals surface area contributed by atoms with Crippen LogP contribution in [0.1, 0.15) is 54.7 Å². The van der Waals surface area contributed by atoms with Gasteiger partial charge in [0, 0.05) is 68.2 Å². The average Bonchev–Trinajstić information content (AvgIpc) is 3.53. The summed E-state index contributed by atoms with van der Waals surface area (Å²) >= 11 is 1.12. The van der Waals surface area contributed by atoms with E-state index in [2.05, 4.69) is 26.3 Å². The van der Waals surface area contributed by atoms with Crippen LogP contribution in [0.3, 0.4) is 0 Å². The van der Waals surface area contributed by atoms with Crippen LogP contribution in [0, 0.1) is 11.6 Å². The summed E-state index contributed by atoms with van der Waals surface area (Å²) in [7, 11) is 0. The first-order valence-corrected chi connectivity index (χ1v) is 15.9. The van der Waals surface area contributed by atoms with Crippen molar-refractivity contribution >= 4 is 32.4 Å². The predicted octanol–water partition coefficient (Wildman–Crippen LogP) is 3.64. The highest BCUT2D eigenvalue weighted by Gasteiger charge is 2.36. The van der Waals surface area contributed by atoms with Crippen molar-refractivity contribution in [3.05, 3.63) is 50.9 Å². The number of nitrogens with two attached hydrogens (primary N) is 1. The van der Waals surface area contributed by atoms with E-state index in [1.54, 1.807) is 0 Å². The SMILES string of the molecule is Nc1nc2c(F)cc(F)c(C3CCc4c(N5CC6CCC(C5)N6)cn(CCCCN5CCOCC5)c(=O)c4C3)c2s1. The molecule has 1 aliphatic carbocycles. The minimum absolute atomic E-state index is 0.0283. The molecule has 3 atom stereocenters. The summed E-state index contributed by atoms with van der Waals surface area (Å²) in [4.78, 5) is 23.0. The van der Waals surface area contributed by atoms with E-state index >= 15 is 4.39 Å². The third kappa shape index (κ3) is 5.26. The number of pyridine rings is 1. The Morgan fingerprint density at radius 1 is 1.05 bits per heavy atom. The van der Waals surface area contributed by atoms with Gasteiger partial charge in [-0.05, 0) is 63.0 Å². The summed E-state index contributed by atoms with van der Waals surface area (Å²) in [5.41, 5.74) is 9.57. The Bertz CT molecular complexity index is 1490. The van der Waals surface area contributed by atoms with Crippen molar-refractivity contribution in [3.8, 4) is 0 Å². The summed E-state index contributed by atoms with van der Waals surface area (Å²) in [6.45, 7) is 7.06. The van der Waals surface area contributed by atoms with Gasteiger partial charge in [0.25, 0.3) is 5.56 Å². The van der Waals surface area contributed by atoms with Crippen LogP contribution in [-0.2, 0) is 24.1 Å². The number of aromatic nitrogens is 2. The van der Waals surface area contributed by atoms with Crippen LogP contribution in [0.2, 0.25) is 0 Å². The second kappa shape index (κ2) is 11.2. The van der Waals surface area contributed by atoms with Crippen LogP contribution < -0.4 is 21.5 Å². The van der Waals surface area contributed by atoms with Crippen LogP contribution in [0.15, 0.2) is 17.1 Å². The Morgan fingerprint density at radius 3 is 2.59 bits per heavy atom. The molecule has 7 rings (SSSR count). The van der Waals surface area contributed by atoms with Gasteiger partial charge in [0.15, 0.2) is 10.9 Å².